The van der Waals surface area contributed by atoms with Crippen LogP contribution in [0.5, 0.6) is 0 Å². The van der Waals surface area contributed by atoms with Gasteiger partial charge in [0, 0.05) is 50.7 Å². The number of alkyl halides is 3. The van der Waals surface area contributed by atoms with Crippen molar-refractivity contribution >= 4 is 53.0 Å². The van der Waals surface area contributed by atoms with Crippen LogP contribution >= 0.6 is 47.3 Å². The van der Waals surface area contributed by atoms with Crippen molar-refractivity contribution in [2.75, 3.05) is 24.6 Å². The van der Waals surface area contributed by atoms with Gasteiger partial charge in [-0.1, -0.05) is 44.2 Å². The summed E-state index contributed by atoms with van der Waals surface area (Å²) in [5.41, 5.74) is 1.70. The Morgan fingerprint density at radius 3 is 2.32 bits per heavy atom. The van der Waals surface area contributed by atoms with Crippen LogP contribution in [0.2, 0.25) is 5.02 Å². The molecule has 0 aromatic heterocycles. The highest BCUT2D eigenvalue weighted by atomic mass is 35.5. The molecule has 0 spiro atoms. The van der Waals surface area contributed by atoms with Crippen LogP contribution in [0.3, 0.4) is 0 Å². The highest BCUT2D eigenvalue weighted by Gasteiger charge is 2.27. The van der Waals surface area contributed by atoms with Gasteiger partial charge in [0.05, 0.1) is 6.42 Å². The third-order valence-electron chi connectivity index (χ3n) is 4.09. The average molecular weight is 507 g/mol. The molecule has 0 amide bonds. The second-order valence-electron chi connectivity index (χ2n) is 6.39. The highest BCUT2D eigenvalue weighted by molar-refractivity contribution is 8.00. The van der Waals surface area contributed by atoms with Crippen LogP contribution in [0.1, 0.15) is 25.0 Å². The Balaban J connectivity index is 0.00000166. The van der Waals surface area contributed by atoms with E-state index in [0.29, 0.717) is 10.7 Å². The molecule has 1 heterocycles. The van der Waals surface area contributed by atoms with Crippen LogP contribution in [0.25, 0.3) is 5.70 Å². The Morgan fingerprint density at radius 2 is 1.71 bits per heavy atom. The number of nitrogens with one attached hydrogen (secondary N) is 1. The summed E-state index contributed by atoms with van der Waals surface area (Å²) in [5.74, 6) is 2.28. The molecule has 2 nitrogen and oxygen atoms in total. The lowest BCUT2D eigenvalue weighted by Gasteiger charge is -2.25. The van der Waals surface area contributed by atoms with E-state index in [-0.39, 0.29) is 5.56 Å². The van der Waals surface area contributed by atoms with Crippen LogP contribution in [0.4, 0.5) is 13.2 Å². The van der Waals surface area contributed by atoms with E-state index < -0.39 is 12.6 Å². The van der Waals surface area contributed by atoms with Gasteiger partial charge in [-0.3, -0.25) is 0 Å². The fourth-order valence-electron chi connectivity index (χ4n) is 2.66. The lowest BCUT2D eigenvalue weighted by atomic mass is 10.1. The predicted octanol–water partition coefficient (Wildman–Crippen LogP) is 7.79. The second kappa shape index (κ2) is 12.9. The van der Waals surface area contributed by atoms with Gasteiger partial charge in [-0.15, -0.1) is 0 Å². The van der Waals surface area contributed by atoms with E-state index >= 15 is 0 Å². The molecule has 0 saturated carbocycles. The summed E-state index contributed by atoms with van der Waals surface area (Å²) in [6.07, 6.45) is -5.12. The van der Waals surface area contributed by atoms with E-state index in [1.54, 1.807) is 24.1 Å². The minimum atomic E-state index is -4.20. The standard InChI is InChI=1S/C20H20ClF3N2S3.C2H6/c1-14(25-28-16-4-2-15(3-5-16)13-20(22,23)24)18-12-17(6-7-19(18)21)29-26-8-10-27-11-9-26;1-2/h2-7,12,25H,1,8-11,13H2;1-2H3. The predicted molar refractivity (Wildman–Crippen MR) is 132 cm³/mol. The summed E-state index contributed by atoms with van der Waals surface area (Å²) >= 11 is 11.3. The van der Waals surface area contributed by atoms with Crippen LogP contribution in [-0.4, -0.2) is 35.1 Å². The Kier molecular flexibility index (Phi) is 11.0. The fourth-order valence-corrected chi connectivity index (χ4v) is 5.61. The molecular weight excluding hydrogens is 481 g/mol. The first-order valence-electron chi connectivity index (χ1n) is 9.88. The van der Waals surface area contributed by atoms with Crippen LogP contribution < -0.4 is 4.72 Å². The van der Waals surface area contributed by atoms with E-state index in [4.69, 9.17) is 11.6 Å². The molecule has 0 unspecified atom stereocenters. The van der Waals surface area contributed by atoms with E-state index in [9.17, 15) is 13.2 Å². The molecule has 31 heavy (non-hydrogen) atoms. The Labute approximate surface area is 200 Å². The van der Waals surface area contributed by atoms with E-state index in [1.165, 1.54) is 24.1 Å². The number of nitrogens with zero attached hydrogens (tertiary/aromatic N) is 1. The van der Waals surface area contributed by atoms with Crippen LogP contribution in [0, 0.1) is 0 Å². The summed E-state index contributed by atoms with van der Waals surface area (Å²) in [4.78, 5) is 1.89. The molecule has 0 bridgehead atoms. The molecule has 2 aromatic carbocycles. The van der Waals surface area contributed by atoms with Crippen LogP contribution in [-0.2, 0) is 6.42 Å². The van der Waals surface area contributed by atoms with Crippen molar-refractivity contribution in [2.24, 2.45) is 0 Å². The Bertz CT molecular complexity index is 839. The van der Waals surface area contributed by atoms with Crippen molar-refractivity contribution in [3.8, 4) is 0 Å². The maximum Gasteiger partial charge on any atom is 0.393 e. The lowest BCUT2D eigenvalue weighted by Crippen LogP contribution is -2.26. The molecule has 0 aliphatic carbocycles. The van der Waals surface area contributed by atoms with Gasteiger partial charge in [0.2, 0.25) is 0 Å². The molecule has 0 radical (unpaired) electrons. The number of benzene rings is 2. The first-order valence-corrected chi connectivity index (χ1v) is 13.0. The van der Waals surface area contributed by atoms with Gasteiger partial charge < -0.3 is 4.72 Å². The largest absolute Gasteiger partial charge is 0.393 e. The molecular formula is C22H26ClF3N2S3. The summed E-state index contributed by atoms with van der Waals surface area (Å²) < 4.78 is 42.9. The summed E-state index contributed by atoms with van der Waals surface area (Å²) in [5, 5.41) is 0.599. The zero-order valence-electron chi connectivity index (χ0n) is 17.5. The van der Waals surface area contributed by atoms with Gasteiger partial charge >= 0.3 is 6.18 Å². The minimum absolute atomic E-state index is 0.240. The van der Waals surface area contributed by atoms with Crippen molar-refractivity contribution in [3.63, 3.8) is 0 Å². The quantitative estimate of drug-likeness (QED) is 0.384. The average Bonchev–Trinajstić information content (AvgIpc) is 2.75. The first kappa shape index (κ1) is 26.3. The van der Waals surface area contributed by atoms with Gasteiger partial charge in [0.15, 0.2) is 0 Å². The summed E-state index contributed by atoms with van der Waals surface area (Å²) in [6.45, 7) is 10.2. The zero-order chi connectivity index (χ0) is 22.9. The van der Waals surface area contributed by atoms with Crippen molar-refractivity contribution in [1.82, 2.24) is 9.03 Å². The second-order valence-corrected chi connectivity index (χ2v) is 10.1. The monoisotopic (exact) mass is 506 g/mol. The topological polar surface area (TPSA) is 15.3 Å². The molecule has 0 atom stereocenters. The number of hydrogen-bond acceptors (Lipinski definition) is 5. The van der Waals surface area contributed by atoms with Gasteiger partial charge in [-0.25, -0.2) is 4.31 Å². The first-order chi connectivity index (χ1) is 14.8. The zero-order valence-corrected chi connectivity index (χ0v) is 20.7. The van der Waals surface area contributed by atoms with Gasteiger partial charge in [-0.05, 0) is 59.8 Å². The van der Waals surface area contributed by atoms with Crippen LogP contribution in [0.15, 0.2) is 58.8 Å². The molecule has 9 heteroatoms. The van der Waals surface area contributed by atoms with Crippen molar-refractivity contribution < 1.29 is 13.2 Å². The lowest BCUT2D eigenvalue weighted by molar-refractivity contribution is -0.127. The molecule has 2 aromatic rings. The smallest absolute Gasteiger partial charge is 0.326 e. The van der Waals surface area contributed by atoms with Crippen molar-refractivity contribution in [1.29, 1.82) is 0 Å². The van der Waals surface area contributed by atoms with Crippen molar-refractivity contribution in [2.45, 2.75) is 36.2 Å². The maximum absolute atomic E-state index is 12.5. The fraction of sp³-hybridized carbons (Fsp3) is 0.364. The SMILES string of the molecule is C=C(NSc1ccc(CC(F)(F)F)cc1)c1cc(SN2CCSCC2)ccc1Cl.CC. The molecule has 1 N–H and O–H groups in total. The molecule has 1 fully saturated rings. The summed E-state index contributed by atoms with van der Waals surface area (Å²) in [6, 6.07) is 12.2. The Hall–Kier alpha value is -0.930. The highest BCUT2D eigenvalue weighted by Crippen LogP contribution is 2.32. The maximum atomic E-state index is 12.5. The number of halogens is 4. The Morgan fingerprint density at radius 1 is 1.10 bits per heavy atom. The molecule has 3 rings (SSSR count). The number of rotatable bonds is 7. The van der Waals surface area contributed by atoms with Crippen molar-refractivity contribution in [3.05, 3.63) is 65.2 Å². The molecule has 1 saturated heterocycles. The normalized spacial score (nSPS) is 14.5. The molecule has 1 aliphatic rings. The minimum Gasteiger partial charge on any atom is -0.326 e. The van der Waals surface area contributed by atoms with E-state index in [2.05, 4.69) is 15.6 Å². The van der Waals surface area contributed by atoms with Gasteiger partial charge in [0.25, 0.3) is 0 Å². The van der Waals surface area contributed by atoms with E-state index in [1.807, 2.05) is 43.8 Å². The third-order valence-corrected chi connectivity index (χ3v) is 7.30. The number of thioether (sulfide) groups is 1. The molecule has 1 aliphatic heterocycles. The third kappa shape index (κ3) is 9.22. The molecule has 170 valence electrons. The van der Waals surface area contributed by atoms with Gasteiger partial charge in [-0.2, -0.15) is 24.9 Å². The number of hydrogen-bond donors (Lipinski definition) is 1. The van der Waals surface area contributed by atoms with Gasteiger partial charge in [0.1, 0.15) is 0 Å². The van der Waals surface area contributed by atoms with E-state index in [0.717, 1.165) is 39.9 Å². The summed E-state index contributed by atoms with van der Waals surface area (Å²) in [7, 11) is 0.